The van der Waals surface area contributed by atoms with Crippen molar-refractivity contribution < 1.29 is 0 Å². The minimum Gasteiger partial charge on any atom is -0.368 e. The highest BCUT2D eigenvalue weighted by molar-refractivity contribution is 8.93. The molecule has 0 atom stereocenters. The number of nitrogens with two attached hydrogens (primary N) is 1. The number of rotatable bonds is 8. The molecule has 3 heterocycles. The zero-order chi connectivity index (χ0) is 15.9. The van der Waals surface area contributed by atoms with Gasteiger partial charge in [-0.25, -0.2) is 9.67 Å². The average molecular weight is 397 g/mol. The van der Waals surface area contributed by atoms with E-state index in [4.69, 9.17) is 5.73 Å². The van der Waals surface area contributed by atoms with Gasteiger partial charge in [-0.1, -0.05) is 12.8 Å². The van der Waals surface area contributed by atoms with Crippen LogP contribution in [0.2, 0.25) is 0 Å². The summed E-state index contributed by atoms with van der Waals surface area (Å²) in [5.74, 6) is 1.58. The number of nitrogens with zero attached hydrogens (tertiary/aromatic N) is 6. The summed E-state index contributed by atoms with van der Waals surface area (Å²) in [6.07, 6.45) is 11.1. The van der Waals surface area contributed by atoms with E-state index in [9.17, 15) is 0 Å². The van der Waals surface area contributed by atoms with Crippen LogP contribution in [0.15, 0.2) is 28.8 Å². The first kappa shape index (κ1) is 18.6. The fourth-order valence-electron chi connectivity index (χ4n) is 2.69. The van der Waals surface area contributed by atoms with Crippen molar-refractivity contribution in [1.29, 1.82) is 0 Å². The third kappa shape index (κ3) is 4.64. The lowest BCUT2D eigenvalue weighted by Crippen LogP contribution is -2.17. The number of halogens is 1. The number of unbranched alkanes of at least 4 members (excludes halogenated alkanes) is 3. The highest BCUT2D eigenvalue weighted by Gasteiger charge is 2.14. The lowest BCUT2D eigenvalue weighted by Gasteiger charge is -2.15. The van der Waals surface area contributed by atoms with Crippen LogP contribution in [0.1, 0.15) is 32.1 Å². The van der Waals surface area contributed by atoms with E-state index in [0.717, 1.165) is 56.9 Å². The summed E-state index contributed by atoms with van der Waals surface area (Å²) in [6.45, 7) is 3.55. The molecule has 2 aromatic heterocycles. The van der Waals surface area contributed by atoms with Gasteiger partial charge in [-0.2, -0.15) is 5.10 Å². The molecule has 1 aliphatic rings. The van der Waals surface area contributed by atoms with Crippen LogP contribution < -0.4 is 11.1 Å². The zero-order valence-electron chi connectivity index (χ0n) is 13.8. The molecule has 24 heavy (non-hydrogen) atoms. The normalized spacial score (nSPS) is 13.5. The van der Waals surface area contributed by atoms with Gasteiger partial charge in [-0.05, 0) is 25.8 Å². The summed E-state index contributed by atoms with van der Waals surface area (Å²) < 4.78 is 3.97. The SMILES string of the molecule is Br.NCCCCCCn1ccnc1N=Nc1cnn2c1NCCC2. The summed E-state index contributed by atoms with van der Waals surface area (Å²) >= 11 is 0. The quantitative estimate of drug-likeness (QED) is 0.527. The van der Waals surface area contributed by atoms with Crippen molar-refractivity contribution >= 4 is 34.4 Å². The molecule has 2 aromatic rings. The molecule has 0 fully saturated rings. The fraction of sp³-hybridized carbons (Fsp3) is 0.600. The molecule has 3 N–H and O–H groups in total. The van der Waals surface area contributed by atoms with Gasteiger partial charge in [0.15, 0.2) is 5.82 Å². The Bertz CT molecular complexity index is 648. The molecule has 0 radical (unpaired) electrons. The third-order valence-electron chi connectivity index (χ3n) is 3.95. The molecular weight excluding hydrogens is 372 g/mol. The Balaban J connectivity index is 0.00000208. The lowest BCUT2D eigenvalue weighted by molar-refractivity contribution is 0.567. The predicted molar refractivity (Wildman–Crippen MR) is 99.6 cm³/mol. The van der Waals surface area contributed by atoms with Gasteiger partial charge in [0.1, 0.15) is 5.69 Å². The van der Waals surface area contributed by atoms with Gasteiger partial charge in [0.05, 0.1) is 6.20 Å². The van der Waals surface area contributed by atoms with E-state index in [1.165, 1.54) is 12.8 Å². The second-order valence-corrected chi connectivity index (χ2v) is 5.71. The standard InChI is InChI=1S/C15H24N8.BrH/c16-6-3-1-2-4-9-22-11-8-18-15(22)21-20-13-12-19-23-10-5-7-17-14(13)23;/h8,11-12,17H,1-7,9-10,16H2;1H. The Morgan fingerprint density at radius 2 is 2.08 bits per heavy atom. The minimum atomic E-state index is 0. The summed E-state index contributed by atoms with van der Waals surface area (Å²) in [6, 6.07) is 0. The number of anilines is 1. The van der Waals surface area contributed by atoms with Crippen LogP contribution in [0.25, 0.3) is 0 Å². The molecule has 0 amide bonds. The van der Waals surface area contributed by atoms with Gasteiger partial charge in [-0.15, -0.1) is 27.2 Å². The highest BCUT2D eigenvalue weighted by atomic mass is 79.9. The van der Waals surface area contributed by atoms with E-state index in [1.807, 2.05) is 15.4 Å². The zero-order valence-corrected chi connectivity index (χ0v) is 15.5. The molecule has 132 valence electrons. The Hall–Kier alpha value is -1.74. The largest absolute Gasteiger partial charge is 0.368 e. The molecule has 8 nitrogen and oxygen atoms in total. The Kier molecular flexibility index (Phi) is 7.38. The number of fused-ring (bicyclic) bond motifs is 1. The summed E-state index contributed by atoms with van der Waals surface area (Å²) in [4.78, 5) is 4.28. The second kappa shape index (κ2) is 9.53. The number of hydrogen-bond donors (Lipinski definition) is 2. The van der Waals surface area contributed by atoms with Crippen LogP contribution in [0.4, 0.5) is 17.5 Å². The van der Waals surface area contributed by atoms with Crippen LogP contribution in [-0.2, 0) is 13.1 Å². The molecule has 0 bridgehead atoms. The van der Waals surface area contributed by atoms with E-state index in [2.05, 4.69) is 25.6 Å². The van der Waals surface area contributed by atoms with E-state index < -0.39 is 0 Å². The van der Waals surface area contributed by atoms with Crippen LogP contribution in [0.3, 0.4) is 0 Å². The van der Waals surface area contributed by atoms with Gasteiger partial charge < -0.3 is 15.6 Å². The molecule has 0 aromatic carbocycles. The highest BCUT2D eigenvalue weighted by Crippen LogP contribution is 2.28. The van der Waals surface area contributed by atoms with Crippen molar-refractivity contribution in [2.45, 2.75) is 45.2 Å². The van der Waals surface area contributed by atoms with E-state index in [-0.39, 0.29) is 17.0 Å². The number of nitrogens with one attached hydrogen (secondary N) is 1. The van der Waals surface area contributed by atoms with Crippen LogP contribution in [0, 0.1) is 0 Å². The van der Waals surface area contributed by atoms with Crippen LogP contribution >= 0.6 is 17.0 Å². The lowest BCUT2D eigenvalue weighted by atomic mass is 10.2. The topological polar surface area (TPSA) is 98.4 Å². The van der Waals surface area contributed by atoms with Gasteiger partial charge in [0.25, 0.3) is 0 Å². The molecule has 0 saturated heterocycles. The number of hydrogen-bond acceptors (Lipinski definition) is 6. The van der Waals surface area contributed by atoms with Crippen molar-refractivity contribution in [1.82, 2.24) is 19.3 Å². The minimum absolute atomic E-state index is 0. The maximum atomic E-state index is 5.51. The first-order valence-corrected chi connectivity index (χ1v) is 8.31. The van der Waals surface area contributed by atoms with Crippen molar-refractivity contribution in [2.24, 2.45) is 16.0 Å². The van der Waals surface area contributed by atoms with Gasteiger partial charge in [0.2, 0.25) is 5.95 Å². The maximum absolute atomic E-state index is 5.51. The molecule has 3 rings (SSSR count). The Morgan fingerprint density at radius 3 is 2.96 bits per heavy atom. The van der Waals surface area contributed by atoms with Crippen LogP contribution in [0.5, 0.6) is 0 Å². The van der Waals surface area contributed by atoms with Crippen molar-refractivity contribution in [3.63, 3.8) is 0 Å². The van der Waals surface area contributed by atoms with E-state index in [0.29, 0.717) is 5.95 Å². The Morgan fingerprint density at radius 1 is 1.21 bits per heavy atom. The second-order valence-electron chi connectivity index (χ2n) is 5.71. The summed E-state index contributed by atoms with van der Waals surface area (Å²) in [7, 11) is 0. The van der Waals surface area contributed by atoms with Gasteiger partial charge in [-0.3, -0.25) is 0 Å². The molecule has 1 aliphatic heterocycles. The number of aryl methyl sites for hydroxylation is 2. The van der Waals surface area contributed by atoms with Gasteiger partial charge in [0, 0.05) is 32.0 Å². The number of azo groups is 1. The number of aromatic nitrogens is 4. The summed E-state index contributed by atoms with van der Waals surface area (Å²) in [5, 5.41) is 16.3. The first-order valence-electron chi connectivity index (χ1n) is 8.31. The van der Waals surface area contributed by atoms with E-state index >= 15 is 0 Å². The van der Waals surface area contributed by atoms with Crippen LogP contribution in [-0.4, -0.2) is 32.4 Å². The monoisotopic (exact) mass is 396 g/mol. The third-order valence-corrected chi connectivity index (χ3v) is 3.95. The van der Waals surface area contributed by atoms with E-state index in [1.54, 1.807) is 12.4 Å². The van der Waals surface area contributed by atoms with Crippen molar-refractivity contribution in [3.8, 4) is 0 Å². The molecule has 0 saturated carbocycles. The maximum Gasteiger partial charge on any atom is 0.249 e. The first-order chi connectivity index (χ1) is 11.4. The average Bonchev–Trinajstić information content (AvgIpc) is 3.19. The molecule has 0 unspecified atom stereocenters. The predicted octanol–water partition coefficient (Wildman–Crippen LogP) is 3.41. The van der Waals surface area contributed by atoms with Crippen molar-refractivity contribution in [3.05, 3.63) is 18.6 Å². The fourth-order valence-corrected chi connectivity index (χ4v) is 2.69. The molecular formula is C15H25BrN8. The molecule has 0 spiro atoms. The smallest absolute Gasteiger partial charge is 0.249 e. The van der Waals surface area contributed by atoms with Gasteiger partial charge >= 0.3 is 0 Å². The Labute approximate surface area is 152 Å². The van der Waals surface area contributed by atoms with Crippen molar-refractivity contribution in [2.75, 3.05) is 18.4 Å². The summed E-state index contributed by atoms with van der Waals surface area (Å²) in [5.41, 5.74) is 6.28. The number of imidazole rings is 1. The molecule has 0 aliphatic carbocycles. The molecule has 9 heteroatoms.